The fourth-order valence-electron chi connectivity index (χ4n) is 4.43. The van der Waals surface area contributed by atoms with E-state index >= 15 is 0 Å². The molecule has 5 heterocycles. The summed E-state index contributed by atoms with van der Waals surface area (Å²) >= 11 is 0. The minimum absolute atomic E-state index is 0.105. The van der Waals surface area contributed by atoms with Gasteiger partial charge in [0.15, 0.2) is 0 Å². The lowest BCUT2D eigenvalue weighted by Gasteiger charge is -2.59. The van der Waals surface area contributed by atoms with E-state index in [1.807, 2.05) is 24.3 Å². The van der Waals surface area contributed by atoms with Crippen LogP contribution in [0.1, 0.15) is 5.56 Å². The zero-order valence-electron chi connectivity index (χ0n) is 14.2. The average Bonchev–Trinajstić information content (AvgIpc) is 2.58. The number of aliphatic imine (C=N–C) groups is 1. The van der Waals surface area contributed by atoms with Crippen LogP contribution in [-0.4, -0.2) is 78.2 Å². The van der Waals surface area contributed by atoms with Crippen molar-refractivity contribution in [3.8, 4) is 5.75 Å². The maximum atomic E-state index is 12.4. The Balaban J connectivity index is 1.50. The first-order valence-corrected chi connectivity index (χ1v) is 8.56. The Hall–Kier alpha value is -2.22. The molecule has 0 aliphatic carbocycles. The van der Waals surface area contributed by atoms with Gasteiger partial charge in [-0.25, -0.2) is 0 Å². The minimum Gasteiger partial charge on any atom is -0.497 e. The van der Waals surface area contributed by atoms with E-state index in [2.05, 4.69) is 19.7 Å². The van der Waals surface area contributed by atoms with Gasteiger partial charge in [0.05, 0.1) is 38.2 Å². The maximum absolute atomic E-state index is 12.4. The Bertz CT molecular complexity index is 884. The number of rotatable bonds is 3. The molecule has 4 saturated heterocycles. The Labute approximate surface area is 145 Å². The van der Waals surface area contributed by atoms with Crippen LogP contribution in [0.3, 0.4) is 0 Å². The lowest BCUT2D eigenvalue weighted by Crippen LogP contribution is -2.75. The zero-order valence-corrected chi connectivity index (χ0v) is 14.2. The van der Waals surface area contributed by atoms with E-state index < -0.39 is 0 Å². The van der Waals surface area contributed by atoms with E-state index in [0.717, 1.165) is 56.3 Å². The van der Waals surface area contributed by atoms with Gasteiger partial charge in [0, 0.05) is 36.8 Å². The van der Waals surface area contributed by atoms with Crippen molar-refractivity contribution < 1.29 is 4.74 Å². The van der Waals surface area contributed by atoms with Crippen molar-refractivity contribution >= 4 is 17.1 Å². The van der Waals surface area contributed by atoms with Gasteiger partial charge in [-0.2, -0.15) is 0 Å². The lowest BCUT2D eigenvalue weighted by molar-refractivity contribution is -0.139. The molecular formula is C18H21N5O2. The van der Waals surface area contributed by atoms with Gasteiger partial charge in [-0.1, -0.05) is 0 Å². The molecule has 0 amide bonds. The number of hydrogen-bond acceptors (Lipinski definition) is 6. The second kappa shape index (κ2) is 5.39. The summed E-state index contributed by atoms with van der Waals surface area (Å²) < 4.78 is 5.27. The van der Waals surface area contributed by atoms with Crippen LogP contribution in [0.15, 0.2) is 34.1 Å². The normalized spacial score (nSPS) is 33.4. The summed E-state index contributed by atoms with van der Waals surface area (Å²) in [6.45, 7) is 6.00. The van der Waals surface area contributed by atoms with Crippen LogP contribution in [0.5, 0.6) is 5.75 Å². The molecule has 4 bridgehead atoms. The molecule has 0 radical (unpaired) electrons. The predicted octanol–water partition coefficient (Wildman–Crippen LogP) is 0.514. The number of aromatic amines is 1. The van der Waals surface area contributed by atoms with E-state index in [4.69, 9.17) is 9.73 Å². The highest BCUT2D eigenvalue weighted by atomic mass is 16.5. The monoisotopic (exact) mass is 339 g/mol. The third kappa shape index (κ3) is 2.55. The molecule has 4 fully saturated rings. The highest BCUT2D eigenvalue weighted by Crippen LogP contribution is 2.31. The van der Waals surface area contributed by atoms with Gasteiger partial charge in [-0.05, 0) is 24.3 Å². The summed E-state index contributed by atoms with van der Waals surface area (Å²) in [4.78, 5) is 27.5. The van der Waals surface area contributed by atoms with Crippen LogP contribution in [-0.2, 0) is 0 Å². The topological polar surface area (TPSA) is 64.2 Å². The van der Waals surface area contributed by atoms with E-state index in [-0.39, 0.29) is 11.1 Å². The molecule has 0 spiro atoms. The van der Waals surface area contributed by atoms with E-state index in [9.17, 15) is 4.79 Å². The molecular weight excluding hydrogens is 318 g/mol. The summed E-state index contributed by atoms with van der Waals surface area (Å²) in [5, 5.41) is 0.946. The molecule has 25 heavy (non-hydrogen) atoms. The van der Waals surface area contributed by atoms with Crippen molar-refractivity contribution in [2.24, 2.45) is 4.99 Å². The van der Waals surface area contributed by atoms with Crippen molar-refractivity contribution in [1.82, 2.24) is 19.7 Å². The summed E-state index contributed by atoms with van der Waals surface area (Å²) in [6, 6.07) is 7.53. The molecule has 2 aromatic rings. The molecule has 7 heteroatoms. The quantitative estimate of drug-likeness (QED) is 0.826. The van der Waals surface area contributed by atoms with Crippen molar-refractivity contribution in [3.05, 3.63) is 40.2 Å². The molecule has 4 aliphatic rings. The number of methoxy groups -OCH3 is 1. The van der Waals surface area contributed by atoms with Gasteiger partial charge in [0.25, 0.3) is 5.56 Å². The first kappa shape index (κ1) is 15.1. The number of hydrogen-bond donors (Lipinski definition) is 1. The van der Waals surface area contributed by atoms with Crippen molar-refractivity contribution in [1.29, 1.82) is 0 Å². The number of ether oxygens (including phenoxy) is 1. The van der Waals surface area contributed by atoms with Crippen LogP contribution in [0.2, 0.25) is 0 Å². The van der Waals surface area contributed by atoms with Gasteiger partial charge < -0.3 is 9.72 Å². The van der Waals surface area contributed by atoms with Crippen molar-refractivity contribution in [3.63, 3.8) is 0 Å². The number of nitrogens with one attached hydrogen (secondary N) is 1. The number of H-pyrrole nitrogens is 1. The zero-order chi connectivity index (χ0) is 17.0. The third-order valence-corrected chi connectivity index (χ3v) is 5.31. The predicted molar refractivity (Wildman–Crippen MR) is 96.2 cm³/mol. The number of aromatic nitrogens is 1. The smallest absolute Gasteiger partial charge is 0.257 e. The average molecular weight is 339 g/mol. The first-order valence-electron chi connectivity index (χ1n) is 8.56. The molecule has 6 rings (SSSR count). The Kier molecular flexibility index (Phi) is 3.25. The largest absolute Gasteiger partial charge is 0.497 e. The van der Waals surface area contributed by atoms with Gasteiger partial charge in [-0.3, -0.25) is 24.5 Å². The van der Waals surface area contributed by atoms with Gasteiger partial charge >= 0.3 is 0 Å². The second-order valence-corrected chi connectivity index (χ2v) is 7.40. The van der Waals surface area contributed by atoms with E-state index in [1.165, 1.54) is 0 Å². The number of benzene rings is 1. The molecule has 4 aliphatic heterocycles. The Morgan fingerprint density at radius 2 is 1.80 bits per heavy atom. The van der Waals surface area contributed by atoms with Gasteiger partial charge in [0.2, 0.25) is 0 Å². The van der Waals surface area contributed by atoms with Crippen LogP contribution in [0.25, 0.3) is 10.9 Å². The van der Waals surface area contributed by atoms with E-state index in [1.54, 1.807) is 13.3 Å². The summed E-state index contributed by atoms with van der Waals surface area (Å²) in [5.74, 6) is 0.775. The molecule has 1 aromatic heterocycles. The first-order chi connectivity index (χ1) is 12.1. The second-order valence-electron chi connectivity index (χ2n) is 7.40. The van der Waals surface area contributed by atoms with E-state index in [0.29, 0.717) is 5.56 Å². The Morgan fingerprint density at radius 1 is 1.12 bits per heavy atom. The summed E-state index contributed by atoms with van der Waals surface area (Å²) in [5.41, 5.74) is 1.18. The standard InChI is InChI=1S/C18H21N5O2/c1-25-15-2-3-16-13(5-15)4-14(17(24)20-16)6-19-18-7-21-10-22(8-18)12-23(9-18)11-21/h2-6H,7-12H2,1H3,(H,20,24). The fraction of sp³-hybridized carbons (Fsp3) is 0.444. The highest BCUT2D eigenvalue weighted by Gasteiger charge is 2.48. The van der Waals surface area contributed by atoms with Gasteiger partial charge in [0.1, 0.15) is 5.75 Å². The molecule has 0 unspecified atom stereocenters. The SMILES string of the molecule is COc1ccc2[nH]c(=O)c(C=NC34CN5CN(CN(C5)C3)C4)cc2c1. The molecule has 7 nitrogen and oxygen atoms in total. The van der Waals surface area contributed by atoms with Crippen molar-refractivity contribution in [2.75, 3.05) is 46.8 Å². The van der Waals surface area contributed by atoms with Crippen molar-refractivity contribution in [2.45, 2.75) is 5.54 Å². The fourth-order valence-corrected chi connectivity index (χ4v) is 4.43. The van der Waals surface area contributed by atoms with Crippen LogP contribution in [0.4, 0.5) is 0 Å². The third-order valence-electron chi connectivity index (χ3n) is 5.31. The highest BCUT2D eigenvalue weighted by molar-refractivity contribution is 5.88. The van der Waals surface area contributed by atoms with Crippen LogP contribution >= 0.6 is 0 Å². The maximum Gasteiger partial charge on any atom is 0.257 e. The molecule has 1 aromatic carbocycles. The molecule has 0 atom stereocenters. The number of fused-ring (bicyclic) bond motifs is 1. The number of nitrogens with zero attached hydrogens (tertiary/aromatic N) is 4. The van der Waals surface area contributed by atoms with Gasteiger partial charge in [-0.15, -0.1) is 0 Å². The molecule has 1 N–H and O–H groups in total. The summed E-state index contributed by atoms with van der Waals surface area (Å²) in [6.07, 6.45) is 1.76. The molecule has 0 saturated carbocycles. The van der Waals surface area contributed by atoms with Crippen LogP contribution in [0, 0.1) is 0 Å². The molecule has 130 valence electrons. The summed E-state index contributed by atoms with van der Waals surface area (Å²) in [7, 11) is 1.64. The minimum atomic E-state index is -0.121. The lowest BCUT2D eigenvalue weighted by atomic mass is 9.91. The van der Waals surface area contributed by atoms with Crippen LogP contribution < -0.4 is 10.3 Å². The number of pyridine rings is 1. The Morgan fingerprint density at radius 3 is 2.44 bits per heavy atom.